The predicted octanol–water partition coefficient (Wildman–Crippen LogP) is 3.15. The molecule has 100 valence electrons. The molecule has 1 atom stereocenters. The lowest BCUT2D eigenvalue weighted by Crippen LogP contribution is -2.29. The molecule has 0 saturated carbocycles. The molecule has 0 radical (unpaired) electrons. The lowest BCUT2D eigenvalue weighted by atomic mass is 10.0. The van der Waals surface area contributed by atoms with Crippen molar-refractivity contribution >= 4 is 22.6 Å². The number of fused-ring (bicyclic) bond motifs is 1. The van der Waals surface area contributed by atoms with Gasteiger partial charge in [0.1, 0.15) is 5.82 Å². The molecule has 2 N–H and O–H groups in total. The Bertz CT molecular complexity index is 576. The molecule has 4 heteroatoms. The number of hydrogen-bond acceptors (Lipinski definition) is 3. The van der Waals surface area contributed by atoms with E-state index >= 15 is 0 Å². The first-order chi connectivity index (χ1) is 9.08. The molecule has 1 aromatic heterocycles. The summed E-state index contributed by atoms with van der Waals surface area (Å²) in [5.41, 5.74) is 0. The van der Waals surface area contributed by atoms with Crippen molar-refractivity contribution in [3.63, 3.8) is 0 Å². The normalized spacial score (nSPS) is 12.6. The van der Waals surface area contributed by atoms with Crippen molar-refractivity contribution in [1.29, 1.82) is 0 Å². The largest absolute Gasteiger partial charge is 0.481 e. The number of nitrogens with one attached hydrogen (secondary N) is 1. The van der Waals surface area contributed by atoms with Crippen molar-refractivity contribution in [2.75, 3.05) is 5.32 Å². The molecule has 0 saturated heterocycles. The molecule has 0 aliphatic carbocycles. The van der Waals surface area contributed by atoms with Gasteiger partial charge in [-0.05, 0) is 17.4 Å². The number of carbonyl (C=O) groups is 1. The van der Waals surface area contributed by atoms with Gasteiger partial charge in [0.15, 0.2) is 0 Å². The van der Waals surface area contributed by atoms with Gasteiger partial charge in [0.25, 0.3) is 0 Å². The van der Waals surface area contributed by atoms with Crippen LogP contribution in [-0.4, -0.2) is 22.1 Å². The molecule has 19 heavy (non-hydrogen) atoms. The Kier molecular flexibility index (Phi) is 4.00. The van der Waals surface area contributed by atoms with Crippen LogP contribution < -0.4 is 5.32 Å². The number of carboxylic acid groups (broad SMARTS) is 1. The van der Waals surface area contributed by atoms with Crippen LogP contribution in [-0.2, 0) is 4.79 Å². The number of carboxylic acids is 1. The minimum absolute atomic E-state index is 0.0859. The quantitative estimate of drug-likeness (QED) is 0.864. The smallest absolute Gasteiger partial charge is 0.305 e. The van der Waals surface area contributed by atoms with Crippen LogP contribution in [0.5, 0.6) is 0 Å². The molecule has 0 aliphatic rings. The van der Waals surface area contributed by atoms with Crippen molar-refractivity contribution in [2.24, 2.45) is 5.92 Å². The highest BCUT2D eigenvalue weighted by Gasteiger charge is 2.18. The Balaban J connectivity index is 2.31. The topological polar surface area (TPSA) is 62.2 Å². The summed E-state index contributed by atoms with van der Waals surface area (Å²) in [5, 5.41) is 14.3. The zero-order valence-electron chi connectivity index (χ0n) is 11.1. The molecule has 2 aromatic rings. The number of benzene rings is 1. The van der Waals surface area contributed by atoms with E-state index in [9.17, 15) is 4.79 Å². The van der Waals surface area contributed by atoms with Crippen LogP contribution in [0.1, 0.15) is 20.3 Å². The summed E-state index contributed by atoms with van der Waals surface area (Å²) in [6.07, 6.45) is 1.82. The van der Waals surface area contributed by atoms with Crippen LogP contribution in [0.3, 0.4) is 0 Å². The molecule has 0 bridgehead atoms. The number of rotatable bonds is 5. The minimum Gasteiger partial charge on any atom is -0.481 e. The first-order valence-corrected chi connectivity index (χ1v) is 6.40. The summed E-state index contributed by atoms with van der Waals surface area (Å²) in [7, 11) is 0. The van der Waals surface area contributed by atoms with E-state index in [1.807, 2.05) is 44.2 Å². The van der Waals surface area contributed by atoms with Gasteiger partial charge in [0, 0.05) is 17.6 Å². The van der Waals surface area contributed by atoms with Crippen LogP contribution in [0.2, 0.25) is 0 Å². The third-order valence-corrected chi connectivity index (χ3v) is 3.20. The molecule has 1 aromatic carbocycles. The van der Waals surface area contributed by atoms with E-state index in [1.165, 1.54) is 0 Å². The van der Waals surface area contributed by atoms with Gasteiger partial charge in [-0.3, -0.25) is 4.79 Å². The first-order valence-electron chi connectivity index (χ1n) is 6.40. The van der Waals surface area contributed by atoms with E-state index in [-0.39, 0.29) is 18.4 Å². The van der Waals surface area contributed by atoms with Gasteiger partial charge in [-0.25, -0.2) is 4.98 Å². The Labute approximate surface area is 112 Å². The molecule has 0 fully saturated rings. The van der Waals surface area contributed by atoms with Gasteiger partial charge in [0.2, 0.25) is 0 Å². The summed E-state index contributed by atoms with van der Waals surface area (Å²) in [6.45, 7) is 4.01. The lowest BCUT2D eigenvalue weighted by Gasteiger charge is -2.22. The van der Waals surface area contributed by atoms with Gasteiger partial charge < -0.3 is 10.4 Å². The van der Waals surface area contributed by atoms with E-state index in [0.29, 0.717) is 0 Å². The maximum Gasteiger partial charge on any atom is 0.305 e. The number of aromatic nitrogens is 1. The monoisotopic (exact) mass is 258 g/mol. The maximum absolute atomic E-state index is 10.9. The molecule has 2 rings (SSSR count). The fraction of sp³-hybridized carbons (Fsp3) is 0.333. The fourth-order valence-corrected chi connectivity index (χ4v) is 2.05. The zero-order chi connectivity index (χ0) is 13.8. The Morgan fingerprint density at radius 1 is 1.32 bits per heavy atom. The number of pyridine rings is 1. The highest BCUT2D eigenvalue weighted by molar-refractivity contribution is 5.91. The van der Waals surface area contributed by atoms with Crippen molar-refractivity contribution in [3.8, 4) is 0 Å². The number of hydrogen-bond donors (Lipinski definition) is 2. The van der Waals surface area contributed by atoms with Crippen LogP contribution in [0.4, 0.5) is 5.82 Å². The summed E-state index contributed by atoms with van der Waals surface area (Å²) < 4.78 is 0. The van der Waals surface area contributed by atoms with Gasteiger partial charge in [0.05, 0.1) is 6.42 Å². The predicted molar refractivity (Wildman–Crippen MR) is 76.2 cm³/mol. The second kappa shape index (κ2) is 5.69. The number of nitrogens with zero attached hydrogens (tertiary/aromatic N) is 1. The van der Waals surface area contributed by atoms with Gasteiger partial charge in [-0.2, -0.15) is 0 Å². The third kappa shape index (κ3) is 3.22. The van der Waals surface area contributed by atoms with Crippen LogP contribution in [0, 0.1) is 5.92 Å². The van der Waals surface area contributed by atoms with Crippen LogP contribution in [0.15, 0.2) is 36.5 Å². The van der Waals surface area contributed by atoms with Crippen LogP contribution >= 0.6 is 0 Å². The molecule has 0 aliphatic heterocycles. The lowest BCUT2D eigenvalue weighted by molar-refractivity contribution is -0.137. The number of aliphatic carboxylic acids is 1. The maximum atomic E-state index is 10.9. The molecule has 4 nitrogen and oxygen atoms in total. The summed E-state index contributed by atoms with van der Waals surface area (Å²) >= 11 is 0. The SMILES string of the molecule is CC(C)C(CC(=O)O)Nc1nccc2ccccc12. The fourth-order valence-electron chi connectivity index (χ4n) is 2.05. The summed E-state index contributed by atoms with van der Waals surface area (Å²) in [5.74, 6) is 0.168. The summed E-state index contributed by atoms with van der Waals surface area (Å²) in [4.78, 5) is 15.2. The highest BCUT2D eigenvalue weighted by atomic mass is 16.4. The molecule has 1 heterocycles. The third-order valence-electron chi connectivity index (χ3n) is 3.20. The highest BCUT2D eigenvalue weighted by Crippen LogP contribution is 2.23. The Hall–Kier alpha value is -2.10. The average Bonchev–Trinajstić information content (AvgIpc) is 2.37. The van der Waals surface area contributed by atoms with E-state index in [1.54, 1.807) is 6.20 Å². The zero-order valence-corrected chi connectivity index (χ0v) is 11.1. The molecule has 0 amide bonds. The van der Waals surface area contributed by atoms with Crippen LogP contribution in [0.25, 0.3) is 10.8 Å². The number of anilines is 1. The van der Waals surface area contributed by atoms with Gasteiger partial charge in [-0.1, -0.05) is 38.1 Å². The van der Waals surface area contributed by atoms with Crippen molar-refractivity contribution < 1.29 is 9.90 Å². The van der Waals surface area contributed by atoms with E-state index in [0.717, 1.165) is 16.6 Å². The first kappa shape index (κ1) is 13.3. The standard InChI is InChI=1S/C15H18N2O2/c1-10(2)13(9-14(18)19)17-15-12-6-4-3-5-11(12)7-8-16-15/h3-8,10,13H,9H2,1-2H3,(H,16,17)(H,18,19). The van der Waals surface area contributed by atoms with E-state index in [2.05, 4.69) is 10.3 Å². The molecule has 1 unspecified atom stereocenters. The molecular formula is C15H18N2O2. The second-order valence-electron chi connectivity index (χ2n) is 4.97. The van der Waals surface area contributed by atoms with E-state index < -0.39 is 5.97 Å². The van der Waals surface area contributed by atoms with Gasteiger partial charge in [-0.15, -0.1) is 0 Å². The minimum atomic E-state index is -0.800. The second-order valence-corrected chi connectivity index (χ2v) is 4.97. The average molecular weight is 258 g/mol. The van der Waals surface area contributed by atoms with Crippen molar-refractivity contribution in [1.82, 2.24) is 4.98 Å². The van der Waals surface area contributed by atoms with Gasteiger partial charge >= 0.3 is 5.97 Å². The Morgan fingerprint density at radius 2 is 2.05 bits per heavy atom. The summed E-state index contributed by atoms with van der Waals surface area (Å²) in [6, 6.07) is 9.75. The van der Waals surface area contributed by atoms with Crippen molar-refractivity contribution in [3.05, 3.63) is 36.5 Å². The molecular weight excluding hydrogens is 240 g/mol. The van der Waals surface area contributed by atoms with Crippen molar-refractivity contribution in [2.45, 2.75) is 26.3 Å². The molecule has 0 spiro atoms. The Morgan fingerprint density at radius 3 is 2.74 bits per heavy atom. The van der Waals surface area contributed by atoms with E-state index in [4.69, 9.17) is 5.11 Å².